The van der Waals surface area contributed by atoms with E-state index in [4.69, 9.17) is 0 Å². The number of hydrogen-bond acceptors (Lipinski definition) is 1. The van der Waals surface area contributed by atoms with Gasteiger partial charge >= 0.3 is 0 Å². The third-order valence-electron chi connectivity index (χ3n) is 4.45. The summed E-state index contributed by atoms with van der Waals surface area (Å²) in [6.07, 6.45) is 4.21. The number of rotatable bonds is 1. The van der Waals surface area contributed by atoms with Gasteiger partial charge in [-0.1, -0.05) is 36.4 Å². The molecular weight excluding hydrogens is 296 g/mol. The fourth-order valence-electron chi connectivity index (χ4n) is 3.36. The Balaban J connectivity index is 2.08. The average Bonchev–Trinajstić information content (AvgIpc) is 2.94. The highest BCUT2D eigenvalue weighted by Gasteiger charge is 2.25. The Hall–Kier alpha value is -3.07. The maximum absolute atomic E-state index is 12.4. The normalized spacial score (nSPS) is 12.9. The number of para-hydroxylation sites is 2. The van der Waals surface area contributed by atoms with E-state index in [1.165, 1.54) is 0 Å². The lowest BCUT2D eigenvalue weighted by molar-refractivity contribution is -0.115. The summed E-state index contributed by atoms with van der Waals surface area (Å²) in [6, 6.07) is 20.3. The monoisotopic (exact) mass is 314 g/mol. The molecule has 3 nitrogen and oxygen atoms in total. The van der Waals surface area contributed by atoms with Gasteiger partial charge in [0.05, 0.1) is 11.4 Å². The Kier molecular flexibility index (Phi) is 3.35. The molecule has 1 amide bonds. The third kappa shape index (κ3) is 2.17. The summed E-state index contributed by atoms with van der Waals surface area (Å²) >= 11 is 0. The van der Waals surface area contributed by atoms with Crippen molar-refractivity contribution in [1.29, 1.82) is 0 Å². The van der Waals surface area contributed by atoms with Crippen LogP contribution >= 0.6 is 0 Å². The van der Waals surface area contributed by atoms with Crippen molar-refractivity contribution in [2.75, 3.05) is 4.90 Å². The SMILES string of the molecule is CC(=O)N1c2ccccc2C=C(c2cccn2C)c2ccccc21. The standard InChI is InChI=1S/C21H18N2O/c1-15(24)23-19-10-5-3-8-16(19)14-18(20-12-7-13-22(20)2)17-9-4-6-11-21(17)23/h3-14H,1-2H3. The van der Waals surface area contributed by atoms with Crippen molar-refractivity contribution in [1.82, 2.24) is 4.57 Å². The number of fused-ring (bicyclic) bond motifs is 2. The van der Waals surface area contributed by atoms with E-state index in [-0.39, 0.29) is 5.91 Å². The van der Waals surface area contributed by atoms with E-state index in [0.717, 1.165) is 33.8 Å². The van der Waals surface area contributed by atoms with Crippen molar-refractivity contribution in [3.8, 4) is 0 Å². The molecule has 0 bridgehead atoms. The quantitative estimate of drug-likeness (QED) is 0.644. The van der Waals surface area contributed by atoms with Crippen molar-refractivity contribution in [3.05, 3.63) is 83.7 Å². The van der Waals surface area contributed by atoms with Gasteiger partial charge in [-0.15, -0.1) is 0 Å². The molecule has 2 aromatic carbocycles. The molecule has 4 rings (SSSR count). The molecule has 0 saturated heterocycles. The molecule has 0 radical (unpaired) electrons. The van der Waals surface area contributed by atoms with E-state index >= 15 is 0 Å². The summed E-state index contributed by atoms with van der Waals surface area (Å²) in [5.74, 6) is 0.0106. The Morgan fingerprint density at radius 3 is 2.29 bits per heavy atom. The Labute approximate surface area is 141 Å². The van der Waals surface area contributed by atoms with Crippen molar-refractivity contribution < 1.29 is 4.79 Å². The van der Waals surface area contributed by atoms with Gasteiger partial charge in [-0.05, 0) is 35.9 Å². The minimum absolute atomic E-state index is 0.0106. The second-order valence-corrected chi connectivity index (χ2v) is 5.99. The van der Waals surface area contributed by atoms with Crippen LogP contribution < -0.4 is 4.90 Å². The molecule has 1 aliphatic rings. The van der Waals surface area contributed by atoms with Crippen LogP contribution in [0.15, 0.2) is 66.9 Å². The van der Waals surface area contributed by atoms with Crippen LogP contribution in [0.2, 0.25) is 0 Å². The average molecular weight is 314 g/mol. The molecule has 2 heterocycles. The summed E-state index contributed by atoms with van der Waals surface area (Å²) in [6.45, 7) is 1.61. The fraction of sp³-hybridized carbons (Fsp3) is 0.0952. The van der Waals surface area contributed by atoms with Crippen LogP contribution in [0, 0.1) is 0 Å². The first-order valence-electron chi connectivity index (χ1n) is 7.99. The van der Waals surface area contributed by atoms with E-state index in [0.29, 0.717) is 0 Å². The summed E-state index contributed by atoms with van der Waals surface area (Å²) in [4.78, 5) is 14.2. The molecule has 0 N–H and O–H groups in total. The largest absolute Gasteiger partial charge is 0.351 e. The van der Waals surface area contributed by atoms with Crippen LogP contribution in [0.25, 0.3) is 11.6 Å². The van der Waals surface area contributed by atoms with Crippen LogP contribution in [0.3, 0.4) is 0 Å². The zero-order chi connectivity index (χ0) is 16.7. The second-order valence-electron chi connectivity index (χ2n) is 5.99. The van der Waals surface area contributed by atoms with Crippen LogP contribution in [0.4, 0.5) is 11.4 Å². The Morgan fingerprint density at radius 1 is 0.875 bits per heavy atom. The summed E-state index contributed by atoms with van der Waals surface area (Å²) < 4.78 is 2.11. The number of aromatic nitrogens is 1. The number of nitrogens with zero attached hydrogens (tertiary/aromatic N) is 2. The maximum atomic E-state index is 12.4. The number of amides is 1. The van der Waals surface area contributed by atoms with Gasteiger partial charge < -0.3 is 4.57 Å². The van der Waals surface area contributed by atoms with Crippen molar-refractivity contribution in [3.63, 3.8) is 0 Å². The highest BCUT2D eigenvalue weighted by Crippen LogP contribution is 2.41. The molecule has 0 unspecified atom stereocenters. The van der Waals surface area contributed by atoms with Crippen LogP contribution in [0.1, 0.15) is 23.7 Å². The highest BCUT2D eigenvalue weighted by molar-refractivity contribution is 6.09. The van der Waals surface area contributed by atoms with E-state index in [9.17, 15) is 4.79 Å². The number of hydrogen-bond donors (Lipinski definition) is 0. The molecule has 0 atom stereocenters. The van der Waals surface area contributed by atoms with Crippen molar-refractivity contribution in [2.24, 2.45) is 7.05 Å². The predicted octanol–water partition coefficient (Wildman–Crippen LogP) is 4.61. The van der Waals surface area contributed by atoms with Crippen LogP contribution in [-0.4, -0.2) is 10.5 Å². The number of benzene rings is 2. The highest BCUT2D eigenvalue weighted by atomic mass is 16.2. The maximum Gasteiger partial charge on any atom is 0.228 e. The van der Waals surface area contributed by atoms with Crippen molar-refractivity contribution >= 4 is 28.9 Å². The van der Waals surface area contributed by atoms with Gasteiger partial charge in [-0.3, -0.25) is 9.69 Å². The van der Waals surface area contributed by atoms with E-state index < -0.39 is 0 Å². The number of anilines is 2. The minimum atomic E-state index is 0.0106. The van der Waals surface area contributed by atoms with Gasteiger partial charge in [0.15, 0.2) is 0 Å². The first-order chi connectivity index (χ1) is 11.7. The van der Waals surface area contributed by atoms with Crippen molar-refractivity contribution in [2.45, 2.75) is 6.92 Å². The molecule has 3 aromatic rings. The van der Waals surface area contributed by atoms with E-state index in [1.54, 1.807) is 11.8 Å². The van der Waals surface area contributed by atoms with Crippen LogP contribution in [-0.2, 0) is 11.8 Å². The first kappa shape index (κ1) is 14.5. The zero-order valence-electron chi connectivity index (χ0n) is 13.7. The lowest BCUT2D eigenvalue weighted by atomic mass is 9.99. The number of aryl methyl sites for hydroxylation is 1. The summed E-state index contributed by atoms with van der Waals surface area (Å²) in [5.41, 5.74) is 6.19. The second kappa shape index (κ2) is 5.53. The minimum Gasteiger partial charge on any atom is -0.351 e. The first-order valence-corrected chi connectivity index (χ1v) is 7.99. The van der Waals surface area contributed by atoms with Gasteiger partial charge in [0.25, 0.3) is 0 Å². The van der Waals surface area contributed by atoms with E-state index in [1.807, 2.05) is 55.7 Å². The summed E-state index contributed by atoms with van der Waals surface area (Å²) in [7, 11) is 2.04. The smallest absolute Gasteiger partial charge is 0.228 e. The molecule has 118 valence electrons. The summed E-state index contributed by atoms with van der Waals surface area (Å²) in [5, 5.41) is 0. The fourth-order valence-corrected chi connectivity index (χ4v) is 3.36. The zero-order valence-corrected chi connectivity index (χ0v) is 13.7. The Morgan fingerprint density at radius 2 is 1.58 bits per heavy atom. The molecule has 1 aliphatic heterocycles. The molecule has 0 saturated carbocycles. The predicted molar refractivity (Wildman–Crippen MR) is 98.1 cm³/mol. The van der Waals surface area contributed by atoms with Gasteiger partial charge in [0.1, 0.15) is 0 Å². The van der Waals surface area contributed by atoms with Gasteiger partial charge in [0, 0.05) is 37.0 Å². The van der Waals surface area contributed by atoms with E-state index in [2.05, 4.69) is 28.8 Å². The van der Waals surface area contributed by atoms with Gasteiger partial charge in [-0.2, -0.15) is 0 Å². The topological polar surface area (TPSA) is 25.2 Å². The lowest BCUT2D eigenvalue weighted by Gasteiger charge is -2.24. The number of carbonyl (C=O) groups excluding carboxylic acids is 1. The molecular formula is C21H18N2O. The Bertz CT molecular complexity index is 965. The van der Waals surface area contributed by atoms with Gasteiger partial charge in [-0.25, -0.2) is 0 Å². The lowest BCUT2D eigenvalue weighted by Crippen LogP contribution is -2.23. The number of carbonyl (C=O) groups is 1. The molecule has 0 fully saturated rings. The molecule has 1 aromatic heterocycles. The molecule has 0 spiro atoms. The molecule has 3 heteroatoms. The molecule has 0 aliphatic carbocycles. The van der Waals surface area contributed by atoms with Gasteiger partial charge in [0.2, 0.25) is 5.91 Å². The van der Waals surface area contributed by atoms with Crippen LogP contribution in [0.5, 0.6) is 0 Å². The third-order valence-corrected chi connectivity index (χ3v) is 4.45. The molecule has 24 heavy (non-hydrogen) atoms.